The zero-order valence-electron chi connectivity index (χ0n) is 28.9. The molecular formula is C33H50N4O11. The van der Waals surface area contributed by atoms with Crippen molar-refractivity contribution in [3.63, 3.8) is 0 Å². The average Bonchev–Trinajstić information content (AvgIpc) is 2.96. The Bertz CT molecular complexity index is 1320. The average molecular weight is 679 g/mol. The van der Waals surface area contributed by atoms with Crippen molar-refractivity contribution < 1.29 is 52.8 Å². The number of likely N-dealkylation sites (N-methyl/N-ethyl adjacent to an activating group) is 1. The number of carboxylic acids is 1. The molecular weight excluding hydrogens is 628 g/mol. The maximum Gasteiger partial charge on any atom is 0.303 e. The molecule has 5 N–H and O–H groups in total. The highest BCUT2D eigenvalue weighted by Gasteiger charge is 2.62. The minimum Gasteiger partial charge on any atom is -0.481 e. The number of nitrogens with one attached hydrogen (secondary N) is 2. The van der Waals surface area contributed by atoms with Crippen molar-refractivity contribution in [3.8, 4) is 0 Å². The van der Waals surface area contributed by atoms with Crippen LogP contribution < -0.4 is 16.4 Å². The molecule has 2 heterocycles. The van der Waals surface area contributed by atoms with Crippen molar-refractivity contribution in [2.24, 2.45) is 5.73 Å². The number of primary amides is 1. The fourth-order valence-electron chi connectivity index (χ4n) is 5.88. The minimum absolute atomic E-state index is 0.115. The third-order valence-corrected chi connectivity index (χ3v) is 7.99. The molecule has 0 radical (unpaired) electrons. The molecule has 3 rings (SSSR count). The molecule has 0 aliphatic carbocycles. The lowest BCUT2D eigenvalue weighted by molar-refractivity contribution is -0.418. The van der Waals surface area contributed by atoms with Gasteiger partial charge < -0.3 is 50.1 Å². The van der Waals surface area contributed by atoms with E-state index >= 15 is 0 Å². The van der Waals surface area contributed by atoms with Gasteiger partial charge in [-0.15, -0.1) is 0 Å². The molecule has 2 aliphatic heterocycles. The molecule has 0 spiro atoms. The molecule has 1 aromatic rings. The second-order valence-electron chi connectivity index (χ2n) is 13.7. The number of ether oxygens (including phenoxy) is 5. The summed E-state index contributed by atoms with van der Waals surface area (Å²) < 4.78 is 32.2. The Kier molecular flexibility index (Phi) is 12.7. The summed E-state index contributed by atoms with van der Waals surface area (Å²) >= 11 is 0. The highest BCUT2D eigenvalue weighted by Crippen LogP contribution is 2.44. The Morgan fingerprint density at radius 1 is 1.10 bits per heavy atom. The number of aliphatic carboxylic acids is 1. The number of amides is 4. The number of fused-ring (bicyclic) bond motifs is 1. The van der Waals surface area contributed by atoms with E-state index in [1.165, 1.54) is 18.7 Å². The molecule has 0 aromatic heterocycles. The summed E-state index contributed by atoms with van der Waals surface area (Å²) in [6.45, 7) is 11.5. The second-order valence-corrected chi connectivity index (χ2v) is 13.7. The molecule has 2 fully saturated rings. The van der Waals surface area contributed by atoms with E-state index in [9.17, 15) is 24.0 Å². The van der Waals surface area contributed by atoms with Gasteiger partial charge in [0.05, 0.1) is 12.2 Å². The van der Waals surface area contributed by atoms with E-state index in [0.717, 1.165) is 5.56 Å². The minimum atomic E-state index is -1.48. The summed E-state index contributed by atoms with van der Waals surface area (Å²) in [5, 5.41) is 13.8. The predicted octanol–water partition coefficient (Wildman–Crippen LogP) is 0.863. The normalized spacial score (nSPS) is 26.3. The van der Waals surface area contributed by atoms with Crippen molar-refractivity contribution in [1.82, 2.24) is 15.5 Å². The summed E-state index contributed by atoms with van der Waals surface area (Å²) in [5.41, 5.74) is 5.43. The Hall–Kier alpha value is -3.63. The molecule has 15 nitrogen and oxygen atoms in total. The van der Waals surface area contributed by atoms with E-state index in [2.05, 4.69) is 10.6 Å². The number of nitrogens with two attached hydrogens (primary N) is 1. The van der Waals surface area contributed by atoms with E-state index in [-0.39, 0.29) is 31.8 Å². The van der Waals surface area contributed by atoms with Crippen molar-refractivity contribution in [3.05, 3.63) is 35.9 Å². The van der Waals surface area contributed by atoms with Crippen LogP contribution in [0.15, 0.2) is 30.3 Å². The first kappa shape index (κ1) is 38.8. The number of hydrogen-bond acceptors (Lipinski definition) is 10. The molecule has 15 heteroatoms. The van der Waals surface area contributed by atoms with Crippen molar-refractivity contribution in [2.75, 3.05) is 20.3 Å². The first-order valence-electron chi connectivity index (χ1n) is 15.9. The standard InChI is InChI=1S/C33H50N4O11/c1-19(30(43)36-22(29(34)42)14-15-25(40)41)35-24(39)18-44-27-26-23(17-45-32(6,7)47-26)46-33(48-31(3,4)5,28(27)37(8)20(2)38)16-21-12-10-9-11-13-21/h9-13,19,22-23,26-28H,14-18H2,1-8H3,(H2,34,42)(H,35,39)(H,36,43)(H,40,41)/t19?,22?,23-,26-,27+,28-,33-/m1/s1. The summed E-state index contributed by atoms with van der Waals surface area (Å²) in [5.74, 6) is -6.31. The van der Waals surface area contributed by atoms with Crippen molar-refractivity contribution in [2.45, 2.75) is 121 Å². The van der Waals surface area contributed by atoms with Crippen molar-refractivity contribution in [1.29, 1.82) is 0 Å². The Balaban J connectivity index is 1.93. The monoisotopic (exact) mass is 678 g/mol. The van der Waals surface area contributed by atoms with Crippen molar-refractivity contribution >= 4 is 29.6 Å². The zero-order chi connectivity index (χ0) is 36.0. The van der Waals surface area contributed by atoms with Gasteiger partial charge in [-0.05, 0) is 53.5 Å². The lowest BCUT2D eigenvalue weighted by atomic mass is 9.84. The third kappa shape index (κ3) is 10.4. The molecule has 7 atom stereocenters. The fraction of sp³-hybridized carbons (Fsp3) is 0.667. The first-order chi connectivity index (χ1) is 22.2. The van der Waals surface area contributed by atoms with E-state index in [1.807, 2.05) is 51.1 Å². The summed E-state index contributed by atoms with van der Waals surface area (Å²) in [6, 6.07) is 6.21. The molecule has 48 heavy (non-hydrogen) atoms. The number of benzene rings is 1. The second kappa shape index (κ2) is 15.7. The summed E-state index contributed by atoms with van der Waals surface area (Å²) in [6.07, 6.45) is -2.87. The van der Waals surface area contributed by atoms with Crippen LogP contribution in [0.3, 0.4) is 0 Å². The molecule has 4 amide bonds. The molecule has 2 saturated heterocycles. The van der Waals surface area contributed by atoms with Crippen LogP contribution in [-0.4, -0.2) is 113 Å². The van der Waals surface area contributed by atoms with Gasteiger partial charge >= 0.3 is 5.97 Å². The van der Waals surface area contributed by atoms with E-state index in [0.29, 0.717) is 0 Å². The number of carboxylic acid groups (broad SMARTS) is 1. The van der Waals surface area contributed by atoms with E-state index in [4.69, 9.17) is 34.5 Å². The number of rotatable bonds is 14. The smallest absolute Gasteiger partial charge is 0.303 e. The van der Waals surface area contributed by atoms with Crippen LogP contribution in [0.5, 0.6) is 0 Å². The van der Waals surface area contributed by atoms with Crippen LogP contribution in [0.25, 0.3) is 0 Å². The van der Waals surface area contributed by atoms with Gasteiger partial charge in [-0.3, -0.25) is 24.0 Å². The largest absolute Gasteiger partial charge is 0.481 e. The molecule has 1 aromatic carbocycles. The Morgan fingerprint density at radius 3 is 2.31 bits per heavy atom. The van der Waals surface area contributed by atoms with Crippen LogP contribution in [0.1, 0.15) is 66.9 Å². The van der Waals surface area contributed by atoms with Crippen LogP contribution >= 0.6 is 0 Å². The third-order valence-electron chi connectivity index (χ3n) is 7.99. The SMILES string of the molecule is CC(=O)N(C)[C@@H]1[C@@H](OCC(=O)NC(C)C(=O)NC(CCC(=O)O)C(N)=O)[C@@H]2OC(C)(C)OC[C@H]2O[C@]1(Cc1ccccc1)OC(C)(C)C. The van der Waals surface area contributed by atoms with Gasteiger partial charge in [-0.1, -0.05) is 30.3 Å². The molecule has 2 aliphatic rings. The number of carbonyl (C=O) groups excluding carboxylic acids is 4. The topological polar surface area (TPSA) is 205 Å². The van der Waals surface area contributed by atoms with Gasteiger partial charge in [-0.2, -0.15) is 0 Å². The predicted molar refractivity (Wildman–Crippen MR) is 171 cm³/mol. The van der Waals surface area contributed by atoms with Gasteiger partial charge in [0.1, 0.15) is 43.0 Å². The first-order valence-corrected chi connectivity index (χ1v) is 15.9. The lowest BCUT2D eigenvalue weighted by Gasteiger charge is -2.58. The Morgan fingerprint density at radius 2 is 1.75 bits per heavy atom. The van der Waals surface area contributed by atoms with Gasteiger partial charge in [0.25, 0.3) is 0 Å². The van der Waals surface area contributed by atoms with Crippen LogP contribution in [-0.2, 0) is 54.1 Å². The molecule has 268 valence electrons. The van der Waals surface area contributed by atoms with Gasteiger partial charge in [0, 0.05) is 26.8 Å². The number of carbonyl (C=O) groups is 5. The van der Waals surface area contributed by atoms with Gasteiger partial charge in [0.15, 0.2) is 11.6 Å². The van der Waals surface area contributed by atoms with Gasteiger partial charge in [0.2, 0.25) is 23.6 Å². The van der Waals surface area contributed by atoms with Crippen LogP contribution in [0.2, 0.25) is 0 Å². The highest BCUT2D eigenvalue weighted by molar-refractivity contribution is 5.91. The van der Waals surface area contributed by atoms with Crippen LogP contribution in [0.4, 0.5) is 0 Å². The zero-order valence-corrected chi connectivity index (χ0v) is 28.9. The molecule has 0 bridgehead atoms. The number of hydrogen-bond donors (Lipinski definition) is 4. The van der Waals surface area contributed by atoms with E-state index < -0.39 is 83.9 Å². The molecule has 0 saturated carbocycles. The number of nitrogens with zero attached hydrogens (tertiary/aromatic N) is 1. The maximum atomic E-state index is 13.2. The quantitative estimate of drug-likeness (QED) is 0.217. The molecule has 2 unspecified atom stereocenters. The van der Waals surface area contributed by atoms with Crippen LogP contribution in [0, 0.1) is 0 Å². The summed E-state index contributed by atoms with van der Waals surface area (Å²) in [4.78, 5) is 63.2. The summed E-state index contributed by atoms with van der Waals surface area (Å²) in [7, 11) is 1.61. The highest BCUT2D eigenvalue weighted by atomic mass is 16.8. The maximum absolute atomic E-state index is 13.2. The van der Waals surface area contributed by atoms with E-state index in [1.54, 1.807) is 20.9 Å². The Labute approximate surface area is 281 Å². The lowest BCUT2D eigenvalue weighted by Crippen LogP contribution is -2.75. The van der Waals surface area contributed by atoms with Gasteiger partial charge in [-0.25, -0.2) is 0 Å². The fourth-order valence-corrected chi connectivity index (χ4v) is 5.88.